The maximum absolute atomic E-state index is 11.9. The molecule has 126 valence electrons. The van der Waals surface area contributed by atoms with Crippen LogP contribution in [0.25, 0.3) is 0 Å². The summed E-state index contributed by atoms with van der Waals surface area (Å²) in [5, 5.41) is 5.61. The molecule has 1 aromatic carbocycles. The summed E-state index contributed by atoms with van der Waals surface area (Å²) in [6.45, 7) is 2.70. The third-order valence-electron chi connectivity index (χ3n) is 4.65. The smallest absolute Gasteiger partial charge is 0.309 e. The summed E-state index contributed by atoms with van der Waals surface area (Å²) in [6, 6.07) is 10.5. The van der Waals surface area contributed by atoms with Crippen LogP contribution in [-0.2, 0) is 16.0 Å². The Morgan fingerprint density at radius 2 is 1.78 bits per heavy atom. The van der Waals surface area contributed by atoms with E-state index in [0.29, 0.717) is 12.5 Å². The van der Waals surface area contributed by atoms with E-state index in [1.54, 1.807) is 0 Å². The molecule has 4 nitrogen and oxygen atoms in total. The largest absolute Gasteiger partial charge is 0.348 e. The van der Waals surface area contributed by atoms with Crippen molar-refractivity contribution in [2.45, 2.75) is 57.9 Å². The minimum atomic E-state index is -0.498. The fourth-order valence-corrected chi connectivity index (χ4v) is 3.15. The Bertz CT molecular complexity index is 501. The standard InChI is InChI=1S/C19H28N2O2/c1-15-9-5-6-13-17(15)21-19(23)18(22)20-14-8-7-12-16-10-3-2-4-11-16/h2-4,10-11,15,17H,5-9,12-14H2,1H3,(H,20,22)(H,21,23)/t15-,17+/m1/s1. The molecule has 1 aromatic rings. The number of aryl methyl sites for hydroxylation is 1. The van der Waals surface area contributed by atoms with E-state index in [2.05, 4.69) is 29.7 Å². The van der Waals surface area contributed by atoms with Crippen LogP contribution in [-0.4, -0.2) is 24.4 Å². The van der Waals surface area contributed by atoms with Gasteiger partial charge < -0.3 is 10.6 Å². The van der Waals surface area contributed by atoms with Crippen molar-refractivity contribution in [3.05, 3.63) is 35.9 Å². The summed E-state index contributed by atoms with van der Waals surface area (Å²) in [7, 11) is 0. The quantitative estimate of drug-likeness (QED) is 0.626. The summed E-state index contributed by atoms with van der Waals surface area (Å²) in [4.78, 5) is 23.8. The zero-order chi connectivity index (χ0) is 16.5. The van der Waals surface area contributed by atoms with Crippen molar-refractivity contribution in [3.8, 4) is 0 Å². The number of unbranched alkanes of at least 4 members (excludes halogenated alkanes) is 1. The molecule has 0 heterocycles. The average Bonchev–Trinajstić information content (AvgIpc) is 2.57. The normalized spacial score (nSPS) is 20.7. The maximum atomic E-state index is 11.9. The second kappa shape index (κ2) is 9.33. The second-order valence-electron chi connectivity index (χ2n) is 6.54. The van der Waals surface area contributed by atoms with Crippen molar-refractivity contribution in [2.75, 3.05) is 6.54 Å². The SMILES string of the molecule is C[C@@H]1CCCC[C@@H]1NC(=O)C(=O)NCCCCc1ccccc1. The van der Waals surface area contributed by atoms with Crippen LogP contribution in [0.4, 0.5) is 0 Å². The monoisotopic (exact) mass is 316 g/mol. The lowest BCUT2D eigenvalue weighted by Crippen LogP contribution is -2.47. The third-order valence-corrected chi connectivity index (χ3v) is 4.65. The van der Waals surface area contributed by atoms with E-state index in [1.165, 1.54) is 12.0 Å². The van der Waals surface area contributed by atoms with Crippen LogP contribution in [0.1, 0.15) is 51.0 Å². The number of nitrogens with one attached hydrogen (secondary N) is 2. The lowest BCUT2D eigenvalue weighted by molar-refractivity contribution is -0.140. The van der Waals surface area contributed by atoms with E-state index in [9.17, 15) is 9.59 Å². The van der Waals surface area contributed by atoms with E-state index in [4.69, 9.17) is 0 Å². The Balaban J connectivity index is 1.59. The average molecular weight is 316 g/mol. The number of carbonyl (C=O) groups excluding carboxylic acids is 2. The molecule has 0 radical (unpaired) electrons. The molecule has 2 amide bonds. The first-order valence-electron chi connectivity index (χ1n) is 8.79. The van der Waals surface area contributed by atoms with Crippen molar-refractivity contribution in [2.24, 2.45) is 5.92 Å². The highest BCUT2D eigenvalue weighted by atomic mass is 16.2. The van der Waals surface area contributed by atoms with Gasteiger partial charge in [0.25, 0.3) is 0 Å². The van der Waals surface area contributed by atoms with Crippen LogP contribution >= 0.6 is 0 Å². The molecule has 0 bridgehead atoms. The number of hydrogen-bond acceptors (Lipinski definition) is 2. The predicted octanol–water partition coefficient (Wildman–Crippen LogP) is 2.82. The summed E-state index contributed by atoms with van der Waals surface area (Å²) in [6.07, 6.45) is 7.36. The fraction of sp³-hybridized carbons (Fsp3) is 0.579. The van der Waals surface area contributed by atoms with E-state index in [-0.39, 0.29) is 6.04 Å². The Morgan fingerprint density at radius 1 is 1.04 bits per heavy atom. The summed E-state index contributed by atoms with van der Waals surface area (Å²) in [5.41, 5.74) is 1.31. The first-order chi connectivity index (χ1) is 11.2. The first-order valence-corrected chi connectivity index (χ1v) is 8.79. The number of amides is 2. The second-order valence-corrected chi connectivity index (χ2v) is 6.54. The molecule has 23 heavy (non-hydrogen) atoms. The molecule has 0 aliphatic heterocycles. The summed E-state index contributed by atoms with van der Waals surface area (Å²) >= 11 is 0. The Hall–Kier alpha value is -1.84. The number of hydrogen-bond donors (Lipinski definition) is 2. The molecule has 1 aliphatic rings. The molecule has 2 atom stereocenters. The van der Waals surface area contributed by atoms with Gasteiger partial charge >= 0.3 is 11.8 Å². The molecule has 0 unspecified atom stereocenters. The van der Waals surface area contributed by atoms with Gasteiger partial charge in [0.2, 0.25) is 0 Å². The molecular formula is C19H28N2O2. The lowest BCUT2D eigenvalue weighted by atomic mass is 9.86. The summed E-state index contributed by atoms with van der Waals surface area (Å²) in [5.74, 6) is -0.513. The highest BCUT2D eigenvalue weighted by Gasteiger charge is 2.25. The Kier molecular flexibility index (Phi) is 7.11. The molecule has 1 saturated carbocycles. The van der Waals surface area contributed by atoms with E-state index < -0.39 is 11.8 Å². The Labute approximate surface area is 139 Å². The van der Waals surface area contributed by atoms with Gasteiger partial charge in [0, 0.05) is 12.6 Å². The van der Waals surface area contributed by atoms with Gasteiger partial charge in [0.05, 0.1) is 0 Å². The van der Waals surface area contributed by atoms with Crippen LogP contribution < -0.4 is 10.6 Å². The van der Waals surface area contributed by atoms with Gasteiger partial charge in [-0.05, 0) is 43.6 Å². The van der Waals surface area contributed by atoms with Crippen molar-refractivity contribution in [1.29, 1.82) is 0 Å². The van der Waals surface area contributed by atoms with Crippen molar-refractivity contribution in [3.63, 3.8) is 0 Å². The van der Waals surface area contributed by atoms with Gasteiger partial charge in [0.1, 0.15) is 0 Å². The van der Waals surface area contributed by atoms with Crippen molar-refractivity contribution >= 4 is 11.8 Å². The van der Waals surface area contributed by atoms with Crippen LogP contribution in [0.5, 0.6) is 0 Å². The topological polar surface area (TPSA) is 58.2 Å². The minimum Gasteiger partial charge on any atom is -0.348 e. The number of benzene rings is 1. The molecule has 1 fully saturated rings. The van der Waals surface area contributed by atoms with Crippen molar-refractivity contribution in [1.82, 2.24) is 10.6 Å². The van der Waals surface area contributed by atoms with Crippen LogP contribution in [0, 0.1) is 5.92 Å². The summed E-state index contributed by atoms with van der Waals surface area (Å²) < 4.78 is 0. The lowest BCUT2D eigenvalue weighted by Gasteiger charge is -2.29. The molecule has 0 spiro atoms. The van der Waals surface area contributed by atoms with E-state index in [0.717, 1.165) is 38.5 Å². The van der Waals surface area contributed by atoms with Gasteiger partial charge in [-0.3, -0.25) is 9.59 Å². The highest BCUT2D eigenvalue weighted by Crippen LogP contribution is 2.23. The predicted molar refractivity (Wildman–Crippen MR) is 92.0 cm³/mol. The van der Waals surface area contributed by atoms with Crippen molar-refractivity contribution < 1.29 is 9.59 Å². The van der Waals surface area contributed by atoms with Gasteiger partial charge in [-0.25, -0.2) is 0 Å². The molecular weight excluding hydrogens is 288 g/mol. The molecule has 2 N–H and O–H groups in total. The van der Waals surface area contributed by atoms with Crippen LogP contribution in [0.2, 0.25) is 0 Å². The van der Waals surface area contributed by atoms with E-state index >= 15 is 0 Å². The van der Waals surface area contributed by atoms with Gasteiger partial charge in [0.15, 0.2) is 0 Å². The minimum absolute atomic E-state index is 0.153. The van der Waals surface area contributed by atoms with Gasteiger partial charge in [-0.1, -0.05) is 50.1 Å². The fourth-order valence-electron chi connectivity index (χ4n) is 3.15. The van der Waals surface area contributed by atoms with Gasteiger partial charge in [-0.15, -0.1) is 0 Å². The van der Waals surface area contributed by atoms with Crippen LogP contribution in [0.15, 0.2) is 30.3 Å². The zero-order valence-corrected chi connectivity index (χ0v) is 14.0. The maximum Gasteiger partial charge on any atom is 0.309 e. The molecule has 0 aromatic heterocycles. The van der Waals surface area contributed by atoms with E-state index in [1.807, 2.05) is 18.2 Å². The number of rotatable bonds is 6. The Morgan fingerprint density at radius 3 is 2.52 bits per heavy atom. The molecule has 2 rings (SSSR count). The molecule has 4 heteroatoms. The zero-order valence-electron chi connectivity index (χ0n) is 14.0. The molecule has 1 aliphatic carbocycles. The highest BCUT2D eigenvalue weighted by molar-refractivity contribution is 6.35. The van der Waals surface area contributed by atoms with Gasteiger partial charge in [-0.2, -0.15) is 0 Å². The third kappa shape index (κ3) is 6.05. The van der Waals surface area contributed by atoms with Crippen LogP contribution in [0.3, 0.4) is 0 Å². The molecule has 0 saturated heterocycles. The number of carbonyl (C=O) groups is 2. The first kappa shape index (κ1) is 17.5.